The molecule has 1 heterocycles. The maximum atomic E-state index is 12.0. The molecule has 0 spiro atoms. The van der Waals surface area contributed by atoms with Gasteiger partial charge in [0.2, 0.25) is 0 Å². The number of aromatic amines is 1. The van der Waals surface area contributed by atoms with Crippen LogP contribution in [-0.2, 0) is 10.0 Å². The van der Waals surface area contributed by atoms with Crippen molar-refractivity contribution in [2.24, 2.45) is 0 Å². The summed E-state index contributed by atoms with van der Waals surface area (Å²) in [7, 11) is -3.56. The molecule has 0 aliphatic rings. The topological polar surface area (TPSA) is 74.8 Å². The minimum Gasteiger partial charge on any atom is -0.284 e. The van der Waals surface area contributed by atoms with Crippen LogP contribution in [0.4, 0.5) is 5.69 Å². The van der Waals surface area contributed by atoms with Crippen LogP contribution >= 0.6 is 0 Å². The molecule has 0 bridgehead atoms. The molecule has 0 unspecified atom stereocenters. The maximum Gasteiger partial charge on any atom is 0.265 e. The SMILES string of the molecule is CC(C)c1cccc(NS(=O)(=O)c2cn[nH]c2)c1. The summed E-state index contributed by atoms with van der Waals surface area (Å²) in [6.45, 7) is 4.12. The number of benzene rings is 1. The molecule has 2 rings (SSSR count). The summed E-state index contributed by atoms with van der Waals surface area (Å²) in [4.78, 5) is 0.123. The molecule has 0 aliphatic carbocycles. The highest BCUT2D eigenvalue weighted by molar-refractivity contribution is 7.92. The molecule has 2 aromatic rings. The molecule has 0 radical (unpaired) electrons. The van der Waals surface area contributed by atoms with Crippen molar-refractivity contribution in [1.29, 1.82) is 0 Å². The summed E-state index contributed by atoms with van der Waals surface area (Å²) in [5, 5.41) is 6.11. The summed E-state index contributed by atoms with van der Waals surface area (Å²) in [6, 6.07) is 7.37. The smallest absolute Gasteiger partial charge is 0.265 e. The largest absolute Gasteiger partial charge is 0.284 e. The van der Waals surface area contributed by atoms with E-state index in [-0.39, 0.29) is 4.90 Å². The first-order valence-corrected chi connectivity index (χ1v) is 7.09. The Labute approximate surface area is 106 Å². The quantitative estimate of drug-likeness (QED) is 0.891. The third-order valence-electron chi connectivity index (χ3n) is 2.59. The van der Waals surface area contributed by atoms with Gasteiger partial charge in [-0.25, -0.2) is 8.42 Å². The maximum absolute atomic E-state index is 12.0. The van der Waals surface area contributed by atoms with Gasteiger partial charge < -0.3 is 0 Å². The van der Waals surface area contributed by atoms with E-state index >= 15 is 0 Å². The number of hydrogen-bond acceptors (Lipinski definition) is 3. The number of rotatable bonds is 4. The van der Waals surface area contributed by atoms with Crippen molar-refractivity contribution in [3.63, 3.8) is 0 Å². The lowest BCUT2D eigenvalue weighted by molar-refractivity contribution is 0.601. The van der Waals surface area contributed by atoms with E-state index in [4.69, 9.17) is 0 Å². The first-order valence-electron chi connectivity index (χ1n) is 5.60. The summed E-state index contributed by atoms with van der Waals surface area (Å²) in [5.74, 6) is 0.350. The summed E-state index contributed by atoms with van der Waals surface area (Å²) in [5.41, 5.74) is 1.64. The van der Waals surface area contributed by atoms with Gasteiger partial charge in [0.1, 0.15) is 4.90 Å². The van der Waals surface area contributed by atoms with E-state index in [9.17, 15) is 8.42 Å². The van der Waals surface area contributed by atoms with E-state index in [2.05, 4.69) is 28.8 Å². The first-order chi connectivity index (χ1) is 8.49. The molecule has 0 saturated heterocycles. The average Bonchev–Trinajstić information content (AvgIpc) is 2.82. The van der Waals surface area contributed by atoms with Crippen LogP contribution in [0.5, 0.6) is 0 Å². The lowest BCUT2D eigenvalue weighted by atomic mass is 10.0. The predicted octanol–water partition coefficient (Wildman–Crippen LogP) is 2.33. The van der Waals surface area contributed by atoms with Gasteiger partial charge in [-0.3, -0.25) is 9.82 Å². The molecule has 0 fully saturated rings. The second kappa shape index (κ2) is 4.81. The number of nitrogens with zero attached hydrogens (tertiary/aromatic N) is 1. The molecule has 2 N–H and O–H groups in total. The molecule has 1 aromatic heterocycles. The number of nitrogens with one attached hydrogen (secondary N) is 2. The fraction of sp³-hybridized carbons (Fsp3) is 0.250. The predicted molar refractivity (Wildman–Crippen MR) is 69.9 cm³/mol. The Hall–Kier alpha value is -1.82. The van der Waals surface area contributed by atoms with Crippen molar-refractivity contribution >= 4 is 15.7 Å². The molecule has 1 aromatic carbocycles. The summed E-state index contributed by atoms with van der Waals surface area (Å²) in [6.07, 6.45) is 2.61. The van der Waals surface area contributed by atoms with Crippen molar-refractivity contribution in [1.82, 2.24) is 10.2 Å². The van der Waals surface area contributed by atoms with E-state index in [1.54, 1.807) is 6.07 Å². The van der Waals surface area contributed by atoms with Crippen molar-refractivity contribution in [2.45, 2.75) is 24.7 Å². The fourth-order valence-electron chi connectivity index (χ4n) is 1.56. The van der Waals surface area contributed by atoms with E-state index in [1.165, 1.54) is 12.4 Å². The molecule has 6 heteroatoms. The number of hydrogen-bond donors (Lipinski definition) is 2. The molecule has 0 aliphatic heterocycles. The Balaban J connectivity index is 2.27. The average molecular weight is 265 g/mol. The molecule has 0 amide bonds. The van der Waals surface area contributed by atoms with Crippen LogP contribution < -0.4 is 4.72 Å². The Morgan fingerprint density at radius 3 is 2.72 bits per heavy atom. The highest BCUT2D eigenvalue weighted by Gasteiger charge is 2.15. The van der Waals surface area contributed by atoms with E-state index < -0.39 is 10.0 Å². The third kappa shape index (κ3) is 2.70. The van der Waals surface area contributed by atoms with Crippen molar-refractivity contribution < 1.29 is 8.42 Å². The molecule has 96 valence electrons. The highest BCUT2D eigenvalue weighted by atomic mass is 32.2. The Kier molecular flexibility index (Phi) is 3.38. The van der Waals surface area contributed by atoms with E-state index in [1.807, 2.05) is 18.2 Å². The van der Waals surface area contributed by atoms with Gasteiger partial charge in [-0.15, -0.1) is 0 Å². The second-order valence-corrected chi connectivity index (χ2v) is 6.00. The first kappa shape index (κ1) is 12.6. The van der Waals surface area contributed by atoms with Crippen LogP contribution in [0.25, 0.3) is 0 Å². The molecule has 0 atom stereocenters. The Bertz CT molecular complexity index is 619. The van der Waals surface area contributed by atoms with Crippen LogP contribution in [0.15, 0.2) is 41.6 Å². The molecular weight excluding hydrogens is 250 g/mol. The van der Waals surface area contributed by atoms with Crippen molar-refractivity contribution in [3.05, 3.63) is 42.2 Å². The van der Waals surface area contributed by atoms with Gasteiger partial charge in [-0.05, 0) is 23.6 Å². The van der Waals surface area contributed by atoms with Gasteiger partial charge in [-0.2, -0.15) is 5.10 Å². The zero-order valence-electron chi connectivity index (χ0n) is 10.2. The van der Waals surface area contributed by atoms with Gasteiger partial charge in [0.05, 0.1) is 6.20 Å². The zero-order valence-corrected chi connectivity index (χ0v) is 11.0. The van der Waals surface area contributed by atoms with Gasteiger partial charge in [-0.1, -0.05) is 26.0 Å². The van der Waals surface area contributed by atoms with Crippen molar-refractivity contribution in [2.75, 3.05) is 4.72 Å². The highest BCUT2D eigenvalue weighted by Crippen LogP contribution is 2.20. The fourth-order valence-corrected chi connectivity index (χ4v) is 2.52. The van der Waals surface area contributed by atoms with Crippen LogP contribution in [0, 0.1) is 0 Å². The molecular formula is C12H15N3O2S. The van der Waals surface area contributed by atoms with Crippen LogP contribution in [-0.4, -0.2) is 18.6 Å². The number of anilines is 1. The van der Waals surface area contributed by atoms with Crippen LogP contribution in [0.1, 0.15) is 25.3 Å². The minimum absolute atomic E-state index is 0.123. The molecule has 0 saturated carbocycles. The van der Waals surface area contributed by atoms with Gasteiger partial charge in [0.15, 0.2) is 0 Å². The minimum atomic E-state index is -3.56. The Morgan fingerprint density at radius 2 is 2.11 bits per heavy atom. The van der Waals surface area contributed by atoms with Gasteiger partial charge >= 0.3 is 0 Å². The number of sulfonamides is 1. The molecule has 18 heavy (non-hydrogen) atoms. The van der Waals surface area contributed by atoms with Crippen molar-refractivity contribution in [3.8, 4) is 0 Å². The summed E-state index contributed by atoms with van der Waals surface area (Å²) < 4.78 is 26.5. The lowest BCUT2D eigenvalue weighted by Crippen LogP contribution is -2.12. The Morgan fingerprint density at radius 1 is 1.33 bits per heavy atom. The standard InChI is InChI=1S/C12H15N3O2S/c1-9(2)10-4-3-5-11(6-10)15-18(16,17)12-7-13-14-8-12/h3-9,15H,1-2H3,(H,13,14). The number of aromatic nitrogens is 2. The zero-order chi connectivity index (χ0) is 13.2. The second-order valence-electron chi connectivity index (χ2n) is 4.32. The van der Waals surface area contributed by atoms with Gasteiger partial charge in [0, 0.05) is 11.9 Å². The normalized spacial score (nSPS) is 11.7. The monoisotopic (exact) mass is 265 g/mol. The lowest BCUT2D eigenvalue weighted by Gasteiger charge is -2.10. The van der Waals surface area contributed by atoms with E-state index in [0.29, 0.717) is 11.6 Å². The number of H-pyrrole nitrogens is 1. The molecule has 5 nitrogen and oxygen atoms in total. The third-order valence-corrected chi connectivity index (χ3v) is 3.94. The van der Waals surface area contributed by atoms with E-state index in [0.717, 1.165) is 5.56 Å². The summed E-state index contributed by atoms with van der Waals surface area (Å²) >= 11 is 0. The van der Waals surface area contributed by atoms with Crippen LogP contribution in [0.3, 0.4) is 0 Å². The van der Waals surface area contributed by atoms with Crippen LogP contribution in [0.2, 0.25) is 0 Å². The van der Waals surface area contributed by atoms with Gasteiger partial charge in [0.25, 0.3) is 10.0 Å².